The molecule has 6 nitrogen and oxygen atoms in total. The highest BCUT2D eigenvalue weighted by atomic mass is 16.5. The lowest BCUT2D eigenvalue weighted by molar-refractivity contribution is -0.136. The van der Waals surface area contributed by atoms with E-state index in [2.05, 4.69) is 15.8 Å². The summed E-state index contributed by atoms with van der Waals surface area (Å²) < 4.78 is 5.30. The molecule has 2 N–H and O–H groups in total. The van der Waals surface area contributed by atoms with Gasteiger partial charge in [0.2, 0.25) is 0 Å². The third-order valence-corrected chi connectivity index (χ3v) is 3.04. The second-order valence-corrected chi connectivity index (χ2v) is 4.90. The van der Waals surface area contributed by atoms with Gasteiger partial charge in [0.1, 0.15) is 5.75 Å². The maximum Gasteiger partial charge on any atom is 0.329 e. The molecule has 6 heteroatoms. The topological polar surface area (TPSA) is 79.8 Å². The fraction of sp³-hybridized carbons (Fsp3) is 0.105. The molecule has 0 atom stereocenters. The molecule has 0 heterocycles. The van der Waals surface area contributed by atoms with Crippen molar-refractivity contribution < 1.29 is 14.3 Å². The zero-order valence-electron chi connectivity index (χ0n) is 13.8. The molecule has 128 valence electrons. The third-order valence-electron chi connectivity index (χ3n) is 3.04. The Balaban J connectivity index is 1.78. The van der Waals surface area contributed by atoms with Crippen LogP contribution in [0.15, 0.2) is 65.8 Å². The Labute approximate surface area is 146 Å². The van der Waals surface area contributed by atoms with E-state index in [1.165, 1.54) is 6.21 Å². The highest BCUT2D eigenvalue weighted by Crippen LogP contribution is 2.15. The number of allylic oxidation sites excluding steroid dienone is 1. The predicted octanol–water partition coefficient (Wildman–Crippen LogP) is 2.84. The van der Waals surface area contributed by atoms with Crippen molar-refractivity contribution in [2.45, 2.75) is 6.92 Å². The lowest BCUT2D eigenvalue weighted by atomic mass is 10.2. The van der Waals surface area contributed by atoms with E-state index in [-0.39, 0.29) is 0 Å². The van der Waals surface area contributed by atoms with Crippen molar-refractivity contribution in [1.29, 1.82) is 0 Å². The van der Waals surface area contributed by atoms with Crippen LogP contribution in [0.3, 0.4) is 0 Å². The minimum Gasteiger partial charge on any atom is -0.494 e. The molecule has 0 aliphatic rings. The van der Waals surface area contributed by atoms with Crippen LogP contribution in [0.1, 0.15) is 12.5 Å². The van der Waals surface area contributed by atoms with Crippen LogP contribution < -0.4 is 15.5 Å². The van der Waals surface area contributed by atoms with Crippen molar-refractivity contribution in [1.82, 2.24) is 5.43 Å². The third kappa shape index (κ3) is 6.31. The lowest BCUT2D eigenvalue weighted by Crippen LogP contribution is -2.32. The van der Waals surface area contributed by atoms with Gasteiger partial charge >= 0.3 is 11.8 Å². The van der Waals surface area contributed by atoms with E-state index >= 15 is 0 Å². The first-order valence-electron chi connectivity index (χ1n) is 7.78. The maximum atomic E-state index is 11.8. The number of rotatable bonds is 6. The Morgan fingerprint density at radius 3 is 2.44 bits per heavy atom. The summed E-state index contributed by atoms with van der Waals surface area (Å²) in [7, 11) is 0. The number of ether oxygens (including phenoxy) is 1. The number of amides is 2. The molecule has 0 bridgehead atoms. The summed E-state index contributed by atoms with van der Waals surface area (Å²) in [4.78, 5) is 23.4. The maximum absolute atomic E-state index is 11.8. The number of nitrogens with zero attached hydrogens (tertiary/aromatic N) is 1. The minimum atomic E-state index is -0.849. The number of hydrogen-bond acceptors (Lipinski definition) is 4. The fourth-order valence-electron chi connectivity index (χ4n) is 1.90. The van der Waals surface area contributed by atoms with Crippen molar-refractivity contribution in [2.75, 3.05) is 11.9 Å². The molecule has 0 fully saturated rings. The first-order chi connectivity index (χ1) is 12.2. The number of anilines is 1. The molecule has 0 aliphatic carbocycles. The SMILES string of the molecule is CCOc1ccc(NC(=O)C(=O)N/N=C/C=C/c2ccccc2)cc1. The molecule has 2 aromatic carbocycles. The lowest BCUT2D eigenvalue weighted by Gasteiger charge is -2.06. The molecule has 0 unspecified atom stereocenters. The van der Waals surface area contributed by atoms with Gasteiger partial charge in [-0.3, -0.25) is 9.59 Å². The van der Waals surface area contributed by atoms with Crippen molar-refractivity contribution in [3.05, 3.63) is 66.2 Å². The highest BCUT2D eigenvalue weighted by Gasteiger charge is 2.12. The van der Waals surface area contributed by atoms with Gasteiger partial charge < -0.3 is 10.1 Å². The highest BCUT2D eigenvalue weighted by molar-refractivity contribution is 6.39. The van der Waals surface area contributed by atoms with Gasteiger partial charge in [-0.1, -0.05) is 36.4 Å². The van der Waals surface area contributed by atoms with Crippen LogP contribution in [0, 0.1) is 0 Å². The van der Waals surface area contributed by atoms with E-state index in [9.17, 15) is 9.59 Å². The number of benzene rings is 2. The van der Waals surface area contributed by atoms with Crippen LogP contribution in [-0.4, -0.2) is 24.6 Å². The van der Waals surface area contributed by atoms with E-state index in [0.717, 1.165) is 5.56 Å². The van der Waals surface area contributed by atoms with E-state index in [1.807, 2.05) is 43.3 Å². The van der Waals surface area contributed by atoms with E-state index in [0.29, 0.717) is 18.0 Å². The average Bonchev–Trinajstić information content (AvgIpc) is 2.64. The van der Waals surface area contributed by atoms with Crippen LogP contribution in [-0.2, 0) is 9.59 Å². The molecule has 0 saturated heterocycles. The van der Waals surface area contributed by atoms with Crippen molar-refractivity contribution in [3.63, 3.8) is 0 Å². The Kier molecular flexibility index (Phi) is 6.94. The molecule has 25 heavy (non-hydrogen) atoms. The molecular weight excluding hydrogens is 318 g/mol. The first kappa shape index (κ1) is 17.9. The molecule has 2 amide bonds. The number of nitrogens with one attached hydrogen (secondary N) is 2. The summed E-state index contributed by atoms with van der Waals surface area (Å²) in [6, 6.07) is 16.4. The number of hydrogen-bond donors (Lipinski definition) is 2. The van der Waals surface area contributed by atoms with E-state index < -0.39 is 11.8 Å². The van der Waals surface area contributed by atoms with E-state index in [1.54, 1.807) is 30.3 Å². The number of carbonyl (C=O) groups excluding carboxylic acids is 2. The standard InChI is InChI=1S/C19H19N3O3/c1-2-25-17-12-10-16(11-13-17)21-18(23)19(24)22-20-14-6-9-15-7-4-3-5-8-15/h3-14H,2H2,1H3,(H,21,23)(H,22,24)/b9-6+,20-14+. The Morgan fingerprint density at radius 2 is 1.76 bits per heavy atom. The molecule has 0 aromatic heterocycles. The molecule has 0 saturated carbocycles. The van der Waals surface area contributed by atoms with Gasteiger partial charge in [0.25, 0.3) is 0 Å². The molecular formula is C19H19N3O3. The van der Waals surface area contributed by atoms with Gasteiger partial charge in [-0.05, 0) is 42.8 Å². The van der Waals surface area contributed by atoms with Crippen LogP contribution in [0.4, 0.5) is 5.69 Å². The normalized spacial score (nSPS) is 10.8. The van der Waals surface area contributed by atoms with Gasteiger partial charge in [0, 0.05) is 11.9 Å². The van der Waals surface area contributed by atoms with Gasteiger partial charge in [-0.2, -0.15) is 5.10 Å². The summed E-state index contributed by atoms with van der Waals surface area (Å²) in [5.74, 6) is -0.952. The summed E-state index contributed by atoms with van der Waals surface area (Å²) in [5.41, 5.74) is 3.67. The summed E-state index contributed by atoms with van der Waals surface area (Å²) in [6.07, 6.45) is 4.89. The smallest absolute Gasteiger partial charge is 0.329 e. The molecule has 0 radical (unpaired) electrons. The zero-order valence-corrected chi connectivity index (χ0v) is 13.8. The summed E-state index contributed by atoms with van der Waals surface area (Å²) >= 11 is 0. The molecule has 0 spiro atoms. The van der Waals surface area contributed by atoms with Crippen molar-refractivity contribution >= 4 is 29.8 Å². The average molecular weight is 337 g/mol. The van der Waals surface area contributed by atoms with Crippen LogP contribution in [0.5, 0.6) is 5.75 Å². The summed E-state index contributed by atoms with van der Waals surface area (Å²) in [5, 5.41) is 6.17. The predicted molar refractivity (Wildman–Crippen MR) is 98.4 cm³/mol. The van der Waals surface area contributed by atoms with Gasteiger partial charge in [-0.15, -0.1) is 0 Å². The van der Waals surface area contributed by atoms with Gasteiger partial charge in [-0.25, -0.2) is 5.43 Å². The van der Waals surface area contributed by atoms with E-state index in [4.69, 9.17) is 4.74 Å². The molecule has 2 rings (SSSR count). The quantitative estimate of drug-likeness (QED) is 0.483. The van der Waals surface area contributed by atoms with Crippen LogP contribution >= 0.6 is 0 Å². The Hall–Kier alpha value is -3.41. The number of carbonyl (C=O) groups is 2. The fourth-order valence-corrected chi connectivity index (χ4v) is 1.90. The van der Waals surface area contributed by atoms with Crippen LogP contribution in [0.2, 0.25) is 0 Å². The second-order valence-electron chi connectivity index (χ2n) is 4.90. The van der Waals surface area contributed by atoms with Crippen molar-refractivity contribution in [3.8, 4) is 5.75 Å². The second kappa shape index (κ2) is 9.67. The molecule has 2 aromatic rings. The largest absolute Gasteiger partial charge is 0.494 e. The zero-order chi connectivity index (χ0) is 17.9. The van der Waals surface area contributed by atoms with Gasteiger partial charge in [0.05, 0.1) is 6.61 Å². The Morgan fingerprint density at radius 1 is 1.04 bits per heavy atom. The number of hydrazone groups is 1. The van der Waals surface area contributed by atoms with Crippen LogP contribution in [0.25, 0.3) is 6.08 Å². The Bertz CT molecular complexity index is 753. The monoisotopic (exact) mass is 337 g/mol. The first-order valence-corrected chi connectivity index (χ1v) is 7.78. The van der Waals surface area contributed by atoms with Crippen molar-refractivity contribution in [2.24, 2.45) is 5.10 Å². The van der Waals surface area contributed by atoms with Gasteiger partial charge in [0.15, 0.2) is 0 Å². The molecule has 0 aliphatic heterocycles. The minimum absolute atomic E-state index is 0.497. The summed E-state index contributed by atoms with van der Waals surface area (Å²) in [6.45, 7) is 2.44.